The molecule has 1 rings (SSSR count). The fourth-order valence-electron chi connectivity index (χ4n) is 3.75. The highest BCUT2D eigenvalue weighted by molar-refractivity contribution is 7.15. The number of carbonyl (C=O) groups excluding carboxylic acids is 1. The fraction of sp³-hybridized carbons (Fsp3) is 0.750. The quantitative estimate of drug-likeness (QED) is 0.254. The van der Waals surface area contributed by atoms with E-state index in [1.54, 1.807) is 0 Å². The topological polar surface area (TPSA) is 75.6 Å². The molecule has 0 aliphatic carbocycles. The van der Waals surface area contributed by atoms with Crippen molar-refractivity contribution in [1.29, 1.82) is 0 Å². The smallest absolute Gasteiger partial charge is 0.412 e. The minimum absolute atomic E-state index is 0.180. The first-order valence-electron chi connectivity index (χ1n) is 11.8. The summed E-state index contributed by atoms with van der Waals surface area (Å²) >= 11 is 1.29. The van der Waals surface area contributed by atoms with Gasteiger partial charge in [-0.15, -0.1) is 11.3 Å². The molecule has 0 aliphatic rings. The van der Waals surface area contributed by atoms with Crippen LogP contribution in [0.4, 0.5) is 9.80 Å². The zero-order valence-corrected chi connectivity index (χ0v) is 20.1. The molecule has 172 valence electrons. The predicted octanol–water partition coefficient (Wildman–Crippen LogP) is 8.21. The number of anilines is 1. The Morgan fingerprint density at radius 2 is 1.57 bits per heavy atom. The van der Waals surface area contributed by atoms with Crippen molar-refractivity contribution >= 4 is 28.4 Å². The number of carboxylic acid groups (broad SMARTS) is 1. The number of hydrogen-bond acceptors (Lipinski definition) is 4. The van der Waals surface area contributed by atoms with Gasteiger partial charge in [0.2, 0.25) is 0 Å². The molecule has 1 heterocycles. The minimum atomic E-state index is -0.980. The van der Waals surface area contributed by atoms with Crippen LogP contribution in [0, 0.1) is 0 Å². The van der Waals surface area contributed by atoms with E-state index in [2.05, 4.69) is 26.1 Å². The Morgan fingerprint density at radius 3 is 2.20 bits per heavy atom. The van der Waals surface area contributed by atoms with Crippen molar-refractivity contribution in [2.24, 2.45) is 0 Å². The van der Waals surface area contributed by atoms with Crippen LogP contribution in [0.2, 0.25) is 0 Å². The van der Waals surface area contributed by atoms with Crippen molar-refractivity contribution in [3.05, 3.63) is 16.5 Å². The first-order valence-corrected chi connectivity index (χ1v) is 12.6. The van der Waals surface area contributed by atoms with E-state index in [0.29, 0.717) is 5.00 Å². The fourth-order valence-corrected chi connectivity index (χ4v) is 4.77. The summed E-state index contributed by atoms with van der Waals surface area (Å²) in [5.74, 6) is -0.755. The van der Waals surface area contributed by atoms with E-state index in [9.17, 15) is 14.7 Å². The number of carbonyl (C=O) groups is 2. The predicted molar refractivity (Wildman–Crippen MR) is 126 cm³/mol. The Morgan fingerprint density at radius 1 is 0.967 bits per heavy atom. The van der Waals surface area contributed by atoms with Gasteiger partial charge in [-0.25, -0.2) is 9.59 Å². The van der Waals surface area contributed by atoms with E-state index in [0.717, 1.165) is 69.8 Å². The number of rotatable bonds is 16. The molecule has 2 N–H and O–H groups in total. The summed E-state index contributed by atoms with van der Waals surface area (Å²) < 4.78 is 5.45. The monoisotopic (exact) mass is 439 g/mol. The lowest BCUT2D eigenvalue weighted by molar-refractivity contribution is 0.0696. The number of unbranched alkanes of at least 4 members (excludes halogenated alkanes) is 6. The summed E-state index contributed by atoms with van der Waals surface area (Å²) in [5.41, 5.74) is 1.10. The van der Waals surface area contributed by atoms with Crippen LogP contribution in [-0.4, -0.2) is 23.3 Å². The number of aromatic carboxylic acids is 1. The van der Waals surface area contributed by atoms with Crippen LogP contribution in [0.25, 0.3) is 0 Å². The standard InChI is InChI=1S/C24H41NO4S/c1-5-8-11-13-14-18(4)29-24(28)25-22-21(23(26)27)20(17-30-22)19(15-10-7-3)16-12-9-6-2/h17-19H,5-16H2,1-4H3,(H,25,28)(H,26,27). The van der Waals surface area contributed by atoms with Crippen molar-refractivity contribution in [2.45, 2.75) is 117 Å². The molecule has 0 spiro atoms. The van der Waals surface area contributed by atoms with Gasteiger partial charge in [0.25, 0.3) is 0 Å². The Labute approximate surface area is 186 Å². The van der Waals surface area contributed by atoms with Crippen LogP contribution in [0.15, 0.2) is 5.38 Å². The molecule has 1 aromatic heterocycles. The van der Waals surface area contributed by atoms with Gasteiger partial charge < -0.3 is 9.84 Å². The molecule has 0 saturated heterocycles. The molecular formula is C24H41NO4S. The highest BCUT2D eigenvalue weighted by atomic mass is 32.1. The molecule has 1 aromatic rings. The van der Waals surface area contributed by atoms with Gasteiger partial charge in [0, 0.05) is 0 Å². The summed E-state index contributed by atoms with van der Waals surface area (Å²) in [6.07, 6.45) is 12.1. The zero-order valence-electron chi connectivity index (χ0n) is 19.3. The van der Waals surface area contributed by atoms with Crippen LogP contribution in [-0.2, 0) is 4.74 Å². The molecular weight excluding hydrogens is 398 g/mol. The second kappa shape index (κ2) is 15.3. The summed E-state index contributed by atoms with van der Waals surface area (Å²) in [7, 11) is 0. The van der Waals surface area contributed by atoms with Crippen LogP contribution in [0.3, 0.4) is 0 Å². The summed E-state index contributed by atoms with van der Waals surface area (Å²) in [6.45, 7) is 8.38. The average Bonchev–Trinajstić information content (AvgIpc) is 3.11. The van der Waals surface area contributed by atoms with Crippen LogP contribution in [0.1, 0.15) is 127 Å². The molecule has 0 radical (unpaired) electrons. The Hall–Kier alpha value is -1.56. The van der Waals surface area contributed by atoms with Crippen molar-refractivity contribution in [3.63, 3.8) is 0 Å². The summed E-state index contributed by atoms with van der Waals surface area (Å²) in [6, 6.07) is 0. The van der Waals surface area contributed by atoms with Gasteiger partial charge in [-0.3, -0.25) is 5.32 Å². The normalized spacial score (nSPS) is 13.1. The largest absolute Gasteiger partial charge is 0.478 e. The van der Waals surface area contributed by atoms with Crippen molar-refractivity contribution < 1.29 is 19.4 Å². The maximum absolute atomic E-state index is 12.3. The summed E-state index contributed by atoms with van der Waals surface area (Å²) in [5, 5.41) is 14.9. The van der Waals surface area contributed by atoms with Crippen molar-refractivity contribution in [2.75, 3.05) is 5.32 Å². The number of hydrogen-bond donors (Lipinski definition) is 2. The third-order valence-corrected chi connectivity index (χ3v) is 6.44. The first-order chi connectivity index (χ1) is 14.4. The minimum Gasteiger partial charge on any atom is -0.478 e. The van der Waals surface area contributed by atoms with E-state index in [1.807, 2.05) is 12.3 Å². The Kier molecular flexibility index (Phi) is 13.5. The van der Waals surface area contributed by atoms with Crippen molar-refractivity contribution in [1.82, 2.24) is 0 Å². The zero-order chi connectivity index (χ0) is 22.4. The molecule has 0 aromatic carbocycles. The van der Waals surface area contributed by atoms with E-state index < -0.39 is 12.1 Å². The van der Waals surface area contributed by atoms with Gasteiger partial charge in [-0.1, -0.05) is 72.1 Å². The Bertz CT molecular complexity index is 629. The van der Waals surface area contributed by atoms with Gasteiger partial charge in [-0.05, 0) is 49.5 Å². The van der Waals surface area contributed by atoms with Gasteiger partial charge >= 0.3 is 12.1 Å². The third kappa shape index (κ3) is 9.50. The maximum Gasteiger partial charge on any atom is 0.412 e. The van der Waals surface area contributed by atoms with Gasteiger partial charge in [0.15, 0.2) is 0 Å². The molecule has 1 amide bonds. The molecule has 0 bridgehead atoms. The lowest BCUT2D eigenvalue weighted by atomic mass is 9.88. The molecule has 0 aliphatic heterocycles. The second-order valence-corrected chi connectivity index (χ2v) is 9.11. The van der Waals surface area contributed by atoms with E-state index >= 15 is 0 Å². The first kappa shape index (κ1) is 26.5. The lowest BCUT2D eigenvalue weighted by Gasteiger charge is -2.17. The molecule has 2 atom stereocenters. The highest BCUT2D eigenvalue weighted by Gasteiger charge is 2.25. The van der Waals surface area contributed by atoms with Crippen LogP contribution >= 0.6 is 11.3 Å². The molecule has 30 heavy (non-hydrogen) atoms. The summed E-state index contributed by atoms with van der Waals surface area (Å²) in [4.78, 5) is 24.4. The van der Waals surface area contributed by atoms with Crippen LogP contribution in [0.5, 0.6) is 0 Å². The molecule has 6 heteroatoms. The number of nitrogens with one attached hydrogen (secondary N) is 1. The van der Waals surface area contributed by atoms with Gasteiger partial charge in [0.1, 0.15) is 11.1 Å². The molecule has 2 unspecified atom stereocenters. The number of amides is 1. The number of ether oxygens (including phenoxy) is 1. The Balaban J connectivity index is 2.81. The SMILES string of the molecule is CCCCCCC(C)OC(=O)Nc1scc(C(CCCC)CCCCC)c1C(=O)O. The van der Waals surface area contributed by atoms with E-state index in [-0.39, 0.29) is 17.6 Å². The second-order valence-electron chi connectivity index (χ2n) is 8.23. The lowest BCUT2D eigenvalue weighted by Crippen LogP contribution is -2.21. The molecule has 0 saturated carbocycles. The van der Waals surface area contributed by atoms with Gasteiger partial charge in [0.05, 0.1) is 5.56 Å². The maximum atomic E-state index is 12.3. The third-order valence-electron chi connectivity index (χ3n) is 5.52. The highest BCUT2D eigenvalue weighted by Crippen LogP contribution is 2.38. The van der Waals surface area contributed by atoms with E-state index in [4.69, 9.17) is 4.74 Å². The number of thiophene rings is 1. The van der Waals surface area contributed by atoms with Gasteiger partial charge in [-0.2, -0.15) is 0 Å². The number of carboxylic acids is 1. The van der Waals surface area contributed by atoms with E-state index in [1.165, 1.54) is 24.2 Å². The van der Waals surface area contributed by atoms with Crippen molar-refractivity contribution in [3.8, 4) is 0 Å². The molecule has 5 nitrogen and oxygen atoms in total. The van der Waals surface area contributed by atoms with Crippen LogP contribution < -0.4 is 5.32 Å². The molecule has 0 fully saturated rings. The average molecular weight is 440 g/mol.